The first kappa shape index (κ1) is 13.2. The molecule has 19 heavy (non-hydrogen) atoms. The van der Waals surface area contributed by atoms with E-state index in [9.17, 15) is 0 Å². The number of anilines is 1. The fourth-order valence-corrected chi connectivity index (χ4v) is 3.13. The molecule has 3 rings (SSSR count). The van der Waals surface area contributed by atoms with Gasteiger partial charge in [-0.05, 0) is 50.9 Å². The van der Waals surface area contributed by atoms with E-state index in [-0.39, 0.29) is 0 Å². The van der Waals surface area contributed by atoms with Gasteiger partial charge in [0.05, 0.1) is 0 Å². The Labute approximate surface area is 119 Å². The molecule has 1 aliphatic heterocycles. The molecule has 0 bridgehead atoms. The monoisotopic (exact) mass is 278 g/mol. The Morgan fingerprint density at radius 1 is 1.26 bits per heavy atom. The molecule has 0 unspecified atom stereocenters. The SMILES string of the molecule is CSc1cc(N(CC2CCNCC2)C2CC2)ncn1. The van der Waals surface area contributed by atoms with E-state index in [1.54, 1.807) is 18.1 Å². The van der Waals surface area contributed by atoms with Crippen molar-refractivity contribution in [3.63, 3.8) is 0 Å². The van der Waals surface area contributed by atoms with Crippen molar-refractivity contribution in [2.75, 3.05) is 30.8 Å². The average molecular weight is 278 g/mol. The first-order chi connectivity index (χ1) is 9.36. The summed E-state index contributed by atoms with van der Waals surface area (Å²) in [6.45, 7) is 3.50. The molecule has 1 aliphatic carbocycles. The number of nitrogens with one attached hydrogen (secondary N) is 1. The van der Waals surface area contributed by atoms with Crippen LogP contribution in [0.3, 0.4) is 0 Å². The molecule has 0 amide bonds. The fraction of sp³-hybridized carbons (Fsp3) is 0.714. The topological polar surface area (TPSA) is 41.0 Å². The molecule has 2 aliphatic rings. The number of aromatic nitrogens is 2. The van der Waals surface area contributed by atoms with E-state index in [4.69, 9.17) is 0 Å². The van der Waals surface area contributed by atoms with Gasteiger partial charge in [0.25, 0.3) is 0 Å². The molecule has 0 spiro atoms. The fourth-order valence-electron chi connectivity index (χ4n) is 2.76. The van der Waals surface area contributed by atoms with E-state index < -0.39 is 0 Å². The number of nitrogens with zero attached hydrogens (tertiary/aromatic N) is 3. The van der Waals surface area contributed by atoms with E-state index >= 15 is 0 Å². The molecule has 2 fully saturated rings. The second-order valence-corrected chi connectivity index (χ2v) is 6.32. The van der Waals surface area contributed by atoms with E-state index in [0.29, 0.717) is 0 Å². The first-order valence-electron chi connectivity index (χ1n) is 7.20. The molecule has 1 saturated carbocycles. The third-order valence-electron chi connectivity index (χ3n) is 4.03. The van der Waals surface area contributed by atoms with Crippen LogP contribution in [0.25, 0.3) is 0 Å². The summed E-state index contributed by atoms with van der Waals surface area (Å²) in [5.41, 5.74) is 0. The van der Waals surface area contributed by atoms with Gasteiger partial charge in [-0.3, -0.25) is 0 Å². The molecule has 1 saturated heterocycles. The van der Waals surface area contributed by atoms with Crippen molar-refractivity contribution < 1.29 is 0 Å². The van der Waals surface area contributed by atoms with Gasteiger partial charge in [-0.25, -0.2) is 9.97 Å². The second-order valence-electron chi connectivity index (χ2n) is 5.50. The highest BCUT2D eigenvalue weighted by Gasteiger charge is 2.32. The van der Waals surface area contributed by atoms with Gasteiger partial charge in [-0.2, -0.15) is 0 Å². The lowest BCUT2D eigenvalue weighted by Gasteiger charge is -2.31. The van der Waals surface area contributed by atoms with Crippen LogP contribution in [0.1, 0.15) is 25.7 Å². The van der Waals surface area contributed by atoms with E-state index in [2.05, 4.69) is 32.5 Å². The van der Waals surface area contributed by atoms with Crippen LogP contribution >= 0.6 is 11.8 Å². The molecule has 0 atom stereocenters. The minimum absolute atomic E-state index is 0.722. The molecule has 2 heterocycles. The van der Waals surface area contributed by atoms with Crippen LogP contribution in [0.4, 0.5) is 5.82 Å². The summed E-state index contributed by atoms with van der Waals surface area (Å²) in [5.74, 6) is 1.94. The summed E-state index contributed by atoms with van der Waals surface area (Å²) in [5, 5.41) is 4.51. The first-order valence-corrected chi connectivity index (χ1v) is 8.42. The third-order valence-corrected chi connectivity index (χ3v) is 4.67. The maximum atomic E-state index is 4.50. The summed E-state index contributed by atoms with van der Waals surface area (Å²) in [6.07, 6.45) is 9.01. The van der Waals surface area contributed by atoms with Crippen LogP contribution in [0.2, 0.25) is 0 Å². The average Bonchev–Trinajstić information content (AvgIpc) is 3.30. The zero-order chi connectivity index (χ0) is 13.1. The molecule has 5 heteroatoms. The van der Waals surface area contributed by atoms with Gasteiger partial charge in [-0.15, -0.1) is 11.8 Å². The van der Waals surface area contributed by atoms with Gasteiger partial charge >= 0.3 is 0 Å². The van der Waals surface area contributed by atoms with Crippen LogP contribution in [-0.2, 0) is 0 Å². The number of piperidine rings is 1. The van der Waals surface area contributed by atoms with Gasteiger partial charge in [-0.1, -0.05) is 0 Å². The van der Waals surface area contributed by atoms with Gasteiger partial charge in [0.1, 0.15) is 17.2 Å². The van der Waals surface area contributed by atoms with Crippen molar-refractivity contribution in [1.82, 2.24) is 15.3 Å². The number of hydrogen-bond acceptors (Lipinski definition) is 5. The van der Waals surface area contributed by atoms with Crippen molar-refractivity contribution >= 4 is 17.6 Å². The van der Waals surface area contributed by atoms with E-state index in [1.165, 1.54) is 38.8 Å². The van der Waals surface area contributed by atoms with Gasteiger partial charge < -0.3 is 10.2 Å². The Morgan fingerprint density at radius 3 is 2.74 bits per heavy atom. The molecule has 104 valence electrons. The van der Waals surface area contributed by atoms with Crippen LogP contribution in [0.5, 0.6) is 0 Å². The Morgan fingerprint density at radius 2 is 2.05 bits per heavy atom. The minimum atomic E-state index is 0.722. The Hall–Kier alpha value is -0.810. The van der Waals surface area contributed by atoms with Crippen molar-refractivity contribution in [3.8, 4) is 0 Å². The zero-order valence-corrected chi connectivity index (χ0v) is 12.3. The van der Waals surface area contributed by atoms with Gasteiger partial charge in [0, 0.05) is 18.7 Å². The van der Waals surface area contributed by atoms with Crippen molar-refractivity contribution in [2.24, 2.45) is 5.92 Å². The Kier molecular flexibility index (Phi) is 4.23. The van der Waals surface area contributed by atoms with Crippen molar-refractivity contribution in [1.29, 1.82) is 0 Å². The van der Waals surface area contributed by atoms with E-state index in [1.807, 2.05) is 0 Å². The normalized spacial score (nSPS) is 20.5. The predicted octanol–water partition coefficient (Wildman–Crippen LogP) is 2.17. The molecule has 4 nitrogen and oxygen atoms in total. The van der Waals surface area contributed by atoms with Crippen LogP contribution in [0.15, 0.2) is 17.4 Å². The minimum Gasteiger partial charge on any atom is -0.353 e. The second kappa shape index (κ2) is 6.09. The van der Waals surface area contributed by atoms with Crippen LogP contribution in [0, 0.1) is 5.92 Å². The van der Waals surface area contributed by atoms with Crippen molar-refractivity contribution in [2.45, 2.75) is 36.8 Å². The Balaban J connectivity index is 1.72. The van der Waals surface area contributed by atoms with Crippen LogP contribution < -0.4 is 10.2 Å². The van der Waals surface area contributed by atoms with Crippen molar-refractivity contribution in [3.05, 3.63) is 12.4 Å². The summed E-state index contributed by atoms with van der Waals surface area (Å²) >= 11 is 1.69. The molecule has 0 radical (unpaired) electrons. The highest BCUT2D eigenvalue weighted by atomic mass is 32.2. The maximum Gasteiger partial charge on any atom is 0.133 e. The summed E-state index contributed by atoms with van der Waals surface area (Å²) < 4.78 is 0. The lowest BCUT2D eigenvalue weighted by atomic mass is 9.97. The number of hydrogen-bond donors (Lipinski definition) is 1. The standard InChI is InChI=1S/C14H22N4S/c1-19-14-8-13(16-10-17-14)18(12-2-3-12)9-11-4-6-15-7-5-11/h8,10-12,15H,2-7,9H2,1H3. The predicted molar refractivity (Wildman–Crippen MR) is 79.8 cm³/mol. The summed E-state index contributed by atoms with van der Waals surface area (Å²) in [7, 11) is 0. The van der Waals surface area contributed by atoms with Gasteiger partial charge in [0.15, 0.2) is 0 Å². The summed E-state index contributed by atoms with van der Waals surface area (Å²) in [4.78, 5) is 11.3. The van der Waals surface area contributed by atoms with Crippen LogP contribution in [-0.4, -0.2) is 41.9 Å². The number of rotatable bonds is 5. The Bertz CT molecular complexity index is 416. The third kappa shape index (κ3) is 3.39. The quantitative estimate of drug-likeness (QED) is 0.660. The molecule has 1 N–H and O–H groups in total. The number of thioether (sulfide) groups is 1. The highest BCUT2D eigenvalue weighted by Crippen LogP contribution is 2.33. The molecule has 0 aromatic carbocycles. The molecular weight excluding hydrogens is 256 g/mol. The zero-order valence-electron chi connectivity index (χ0n) is 11.5. The largest absolute Gasteiger partial charge is 0.353 e. The maximum absolute atomic E-state index is 4.50. The highest BCUT2D eigenvalue weighted by molar-refractivity contribution is 7.98. The lowest BCUT2D eigenvalue weighted by Crippen LogP contribution is -2.37. The lowest BCUT2D eigenvalue weighted by molar-refractivity contribution is 0.372. The molecule has 1 aromatic rings. The van der Waals surface area contributed by atoms with Gasteiger partial charge in [0.2, 0.25) is 0 Å². The molecular formula is C14H22N4S. The smallest absolute Gasteiger partial charge is 0.133 e. The van der Waals surface area contributed by atoms with E-state index in [0.717, 1.165) is 29.3 Å². The molecule has 1 aromatic heterocycles. The summed E-state index contributed by atoms with van der Waals surface area (Å²) in [6, 6.07) is 2.86.